The number of unbranched alkanes of at least 4 members (excludes halogenated alkanes) is 2. The van der Waals surface area contributed by atoms with Gasteiger partial charge in [-0.3, -0.25) is 7.32 Å². The van der Waals surface area contributed by atoms with Crippen LogP contribution in [0, 0.1) is 5.92 Å². The molecule has 0 atom stereocenters. The first-order chi connectivity index (χ1) is 6.50. The van der Waals surface area contributed by atoms with Crippen molar-refractivity contribution in [2.24, 2.45) is 5.92 Å². The minimum atomic E-state index is -2.92. The zero-order valence-electron chi connectivity index (χ0n) is 8.62. The fourth-order valence-electron chi connectivity index (χ4n) is 0.875. The molecule has 14 heavy (non-hydrogen) atoms. The van der Waals surface area contributed by atoms with Gasteiger partial charge >= 0.3 is 72.2 Å². The summed E-state index contributed by atoms with van der Waals surface area (Å²) in [4.78, 5) is 0. The molecule has 0 heterocycles. The maximum Gasteiger partial charge on any atom is -0.278 e. The first kappa shape index (κ1) is 16.8. The topological polar surface area (TPSA) is 78.4 Å². The summed E-state index contributed by atoms with van der Waals surface area (Å²) in [6, 6.07) is 0. The molecular weight excluding hydrogens is 234 g/mol. The quantitative estimate of drug-likeness (QED) is 0.436. The first-order valence-corrected chi connectivity index (χ1v) is 5.07. The standard InChI is InChI=1S/C8H17O.BO3.Cu/c1-8(2)6-4-3-5-7-9;2-1(3)4;/h8H,3-7H2,1-2H3;;/q-1;-3;+4. The molecule has 0 aliphatic rings. The fourth-order valence-corrected chi connectivity index (χ4v) is 1.01. The van der Waals surface area contributed by atoms with Gasteiger partial charge in [0.15, 0.2) is 0 Å². The molecule has 0 rings (SSSR count). The van der Waals surface area contributed by atoms with Crippen molar-refractivity contribution < 1.29 is 35.2 Å². The van der Waals surface area contributed by atoms with Gasteiger partial charge in [-0.25, -0.2) is 0 Å². The molecule has 0 N–H and O–H groups in total. The number of hydrogen-bond donors (Lipinski definition) is 0. The van der Waals surface area contributed by atoms with E-state index in [2.05, 4.69) is 34.0 Å². The smallest absolute Gasteiger partial charge is 0.278 e. The van der Waals surface area contributed by atoms with Crippen LogP contribution in [-0.2, 0) is 20.2 Å². The van der Waals surface area contributed by atoms with Gasteiger partial charge in [-0.1, -0.05) is 0 Å². The SMILES string of the molecule is CC(C)CCCCC[O][Cu+3].[O-]B([O-])[O-]. The minimum Gasteiger partial charge on any atom is -0.907 e. The Kier molecular flexibility index (Phi) is 16.1. The molecule has 87 valence electrons. The van der Waals surface area contributed by atoms with Crippen LogP contribution in [0.4, 0.5) is 0 Å². The molecule has 0 fully saturated rings. The molecule has 0 bridgehead atoms. The monoisotopic (exact) mass is 251 g/mol. The van der Waals surface area contributed by atoms with Crippen molar-refractivity contribution in [2.45, 2.75) is 39.5 Å². The molecule has 0 saturated carbocycles. The number of rotatable bonds is 6. The fraction of sp³-hybridized carbons (Fsp3) is 1.00. The summed E-state index contributed by atoms with van der Waals surface area (Å²) >= 11 is 4.48. The van der Waals surface area contributed by atoms with Crippen molar-refractivity contribution >= 4 is 7.32 Å². The van der Waals surface area contributed by atoms with Crippen molar-refractivity contribution in [3.8, 4) is 0 Å². The molecule has 0 aromatic carbocycles. The van der Waals surface area contributed by atoms with Crippen LogP contribution in [0.25, 0.3) is 0 Å². The van der Waals surface area contributed by atoms with Gasteiger partial charge in [-0.2, -0.15) is 0 Å². The Labute approximate surface area is 95.0 Å². The molecular formula is C8H17BCuO4. The molecule has 0 aromatic rings. The van der Waals surface area contributed by atoms with E-state index in [1.165, 1.54) is 19.3 Å². The Morgan fingerprint density at radius 3 is 2.00 bits per heavy atom. The van der Waals surface area contributed by atoms with Gasteiger partial charge in [0.25, 0.3) is 0 Å². The third-order valence-corrected chi connectivity index (χ3v) is 1.68. The molecule has 6 heteroatoms. The molecule has 0 radical (unpaired) electrons. The summed E-state index contributed by atoms with van der Waals surface area (Å²) in [5.41, 5.74) is 0. The molecule has 0 unspecified atom stereocenters. The maximum atomic E-state index is 8.42. The van der Waals surface area contributed by atoms with Crippen LogP contribution in [0.3, 0.4) is 0 Å². The van der Waals surface area contributed by atoms with Crippen LogP contribution in [-0.4, -0.2) is 13.9 Å². The predicted octanol–water partition coefficient (Wildman–Crippen LogP) is -1.27. The van der Waals surface area contributed by atoms with E-state index in [9.17, 15) is 0 Å². The predicted molar refractivity (Wildman–Crippen MR) is 45.0 cm³/mol. The van der Waals surface area contributed by atoms with Gasteiger partial charge in [0, 0.05) is 0 Å². The van der Waals surface area contributed by atoms with Crippen LogP contribution < -0.4 is 15.1 Å². The van der Waals surface area contributed by atoms with E-state index >= 15 is 0 Å². The second kappa shape index (κ2) is 13.4. The summed E-state index contributed by atoms with van der Waals surface area (Å²) in [6.07, 6.45) is 5.01. The Hall–Kier alpha value is 0.424. The van der Waals surface area contributed by atoms with Crippen molar-refractivity contribution in [1.82, 2.24) is 0 Å². The average molecular weight is 252 g/mol. The second-order valence-corrected chi connectivity index (χ2v) is 3.59. The van der Waals surface area contributed by atoms with E-state index in [1.807, 2.05) is 0 Å². The molecule has 0 saturated heterocycles. The van der Waals surface area contributed by atoms with E-state index in [4.69, 9.17) is 15.1 Å². The van der Waals surface area contributed by atoms with E-state index in [1.54, 1.807) is 0 Å². The maximum absolute atomic E-state index is 8.42. The van der Waals surface area contributed by atoms with Crippen LogP contribution in [0.1, 0.15) is 39.5 Å². The van der Waals surface area contributed by atoms with Gasteiger partial charge < -0.3 is 15.1 Å². The summed E-state index contributed by atoms with van der Waals surface area (Å²) < 4.78 is 4.51. The Balaban J connectivity index is 0. The van der Waals surface area contributed by atoms with Crippen LogP contribution in [0.2, 0.25) is 0 Å². The second-order valence-electron chi connectivity index (χ2n) is 3.32. The van der Waals surface area contributed by atoms with Gasteiger partial charge in [-0.05, 0) is 0 Å². The largest absolute Gasteiger partial charge is 0.907 e. The van der Waals surface area contributed by atoms with Gasteiger partial charge in [0.2, 0.25) is 0 Å². The molecule has 0 spiro atoms. The van der Waals surface area contributed by atoms with Crippen LogP contribution in [0.15, 0.2) is 0 Å². The molecule has 4 nitrogen and oxygen atoms in total. The summed E-state index contributed by atoms with van der Waals surface area (Å²) in [5, 5.41) is 25.2. The summed E-state index contributed by atoms with van der Waals surface area (Å²) in [6.45, 7) is 5.24. The Morgan fingerprint density at radius 2 is 1.64 bits per heavy atom. The average Bonchev–Trinajstić information content (AvgIpc) is 2.02. The van der Waals surface area contributed by atoms with Gasteiger partial charge in [0.1, 0.15) is 0 Å². The van der Waals surface area contributed by atoms with Crippen LogP contribution in [0.5, 0.6) is 0 Å². The minimum absolute atomic E-state index is 0.734. The van der Waals surface area contributed by atoms with E-state index < -0.39 is 7.32 Å². The van der Waals surface area contributed by atoms with E-state index in [-0.39, 0.29) is 0 Å². The zero-order valence-corrected chi connectivity index (χ0v) is 9.57. The first-order valence-electron chi connectivity index (χ1n) is 4.68. The van der Waals surface area contributed by atoms with Crippen molar-refractivity contribution in [1.29, 1.82) is 0 Å². The van der Waals surface area contributed by atoms with Crippen molar-refractivity contribution in [2.75, 3.05) is 6.61 Å². The molecule has 0 aliphatic heterocycles. The van der Waals surface area contributed by atoms with Gasteiger partial charge in [-0.15, -0.1) is 0 Å². The normalized spacial score (nSPS) is 9.64. The number of hydrogen-bond acceptors (Lipinski definition) is 4. The summed E-state index contributed by atoms with van der Waals surface area (Å²) in [5.74, 6) is 0.836. The van der Waals surface area contributed by atoms with Gasteiger partial charge in [0.05, 0.1) is 0 Å². The Bertz CT molecular complexity index is 101. The third kappa shape index (κ3) is 29.4. The zero-order chi connectivity index (χ0) is 11.4. The van der Waals surface area contributed by atoms with E-state index in [0.717, 1.165) is 18.9 Å². The Morgan fingerprint density at radius 1 is 1.14 bits per heavy atom. The van der Waals surface area contributed by atoms with E-state index in [0.29, 0.717) is 0 Å². The molecule has 0 aromatic heterocycles. The third-order valence-electron chi connectivity index (χ3n) is 1.49. The van der Waals surface area contributed by atoms with Crippen LogP contribution >= 0.6 is 0 Å². The molecule has 0 aliphatic carbocycles. The van der Waals surface area contributed by atoms with Crippen molar-refractivity contribution in [3.05, 3.63) is 0 Å². The summed E-state index contributed by atoms with van der Waals surface area (Å²) in [7, 11) is -2.92. The molecule has 0 amide bonds. The van der Waals surface area contributed by atoms with Crippen molar-refractivity contribution in [3.63, 3.8) is 0 Å².